The van der Waals surface area contributed by atoms with Gasteiger partial charge in [0.05, 0.1) is 0 Å². The molecule has 0 amide bonds. The molecule has 5 heteroatoms. The molecule has 1 aromatic rings. The predicted octanol–water partition coefficient (Wildman–Crippen LogP) is 2.02. The van der Waals surface area contributed by atoms with Gasteiger partial charge in [-0.05, 0) is 49.9 Å². The highest BCUT2D eigenvalue weighted by atomic mass is 32.1. The van der Waals surface area contributed by atoms with E-state index in [0.717, 1.165) is 12.1 Å². The minimum atomic E-state index is -0.825. The summed E-state index contributed by atoms with van der Waals surface area (Å²) in [6, 6.07) is 2.42. The van der Waals surface area contributed by atoms with Crippen LogP contribution in [0.3, 0.4) is 0 Å². The number of carboxylic acids is 1. The molecule has 0 aliphatic carbocycles. The van der Waals surface area contributed by atoms with Gasteiger partial charge in [0.1, 0.15) is 4.88 Å². The lowest BCUT2D eigenvalue weighted by atomic mass is 10.2. The van der Waals surface area contributed by atoms with E-state index >= 15 is 0 Å². The zero-order valence-corrected chi connectivity index (χ0v) is 11.5. The molecule has 1 unspecified atom stereocenters. The maximum absolute atomic E-state index is 11.0. The van der Waals surface area contributed by atoms with Crippen molar-refractivity contribution in [3.8, 4) is 0 Å². The van der Waals surface area contributed by atoms with Gasteiger partial charge in [-0.15, -0.1) is 11.3 Å². The lowest BCUT2D eigenvalue weighted by Crippen LogP contribution is -2.38. The molecule has 1 fully saturated rings. The van der Waals surface area contributed by atoms with Crippen molar-refractivity contribution in [1.29, 1.82) is 0 Å². The number of hydrogen-bond acceptors (Lipinski definition) is 4. The number of carboxylic acid groups (broad SMARTS) is 1. The van der Waals surface area contributed by atoms with Gasteiger partial charge in [-0.25, -0.2) is 4.79 Å². The molecule has 0 bridgehead atoms. The second-order valence-corrected chi connectivity index (χ2v) is 5.72. The van der Waals surface area contributed by atoms with Crippen LogP contribution in [0, 0.1) is 0 Å². The standard InChI is InChI=1S/C13H20N2O2S/c1-10(15-5-2-3-6-15)8-14-9-11-4-7-18-12(11)13(16)17/h4,7,10,14H,2-3,5-6,8-9H2,1H3,(H,16,17). The van der Waals surface area contributed by atoms with E-state index in [1.165, 1.54) is 37.3 Å². The molecule has 1 aliphatic heterocycles. The first-order valence-electron chi connectivity index (χ1n) is 6.43. The quantitative estimate of drug-likeness (QED) is 0.829. The summed E-state index contributed by atoms with van der Waals surface area (Å²) in [5, 5.41) is 14.2. The summed E-state index contributed by atoms with van der Waals surface area (Å²) in [5.41, 5.74) is 0.890. The van der Waals surface area contributed by atoms with E-state index in [0.29, 0.717) is 17.5 Å². The van der Waals surface area contributed by atoms with Crippen molar-refractivity contribution in [3.05, 3.63) is 21.9 Å². The molecule has 100 valence electrons. The van der Waals surface area contributed by atoms with E-state index in [4.69, 9.17) is 5.11 Å². The van der Waals surface area contributed by atoms with Gasteiger partial charge in [-0.3, -0.25) is 4.90 Å². The summed E-state index contributed by atoms with van der Waals surface area (Å²) >= 11 is 1.29. The molecule has 1 saturated heterocycles. The lowest BCUT2D eigenvalue weighted by molar-refractivity contribution is 0.0701. The molecule has 1 atom stereocenters. The van der Waals surface area contributed by atoms with Crippen LogP contribution < -0.4 is 5.32 Å². The number of hydrogen-bond donors (Lipinski definition) is 2. The number of thiophene rings is 1. The van der Waals surface area contributed by atoms with Gasteiger partial charge in [-0.2, -0.15) is 0 Å². The first kappa shape index (κ1) is 13.5. The Morgan fingerprint density at radius 2 is 2.28 bits per heavy atom. The fraction of sp³-hybridized carbons (Fsp3) is 0.615. The summed E-state index contributed by atoms with van der Waals surface area (Å²) in [6.45, 7) is 6.17. The minimum Gasteiger partial charge on any atom is -0.477 e. The normalized spacial score (nSPS) is 18.1. The van der Waals surface area contributed by atoms with Gasteiger partial charge < -0.3 is 10.4 Å². The Morgan fingerprint density at radius 1 is 1.56 bits per heavy atom. The van der Waals surface area contributed by atoms with Crippen LogP contribution >= 0.6 is 11.3 Å². The van der Waals surface area contributed by atoms with Crippen molar-refractivity contribution in [2.24, 2.45) is 0 Å². The number of likely N-dealkylation sites (tertiary alicyclic amines) is 1. The van der Waals surface area contributed by atoms with Crippen LogP contribution in [0.5, 0.6) is 0 Å². The first-order valence-corrected chi connectivity index (χ1v) is 7.31. The molecule has 2 N–H and O–H groups in total. The zero-order valence-electron chi connectivity index (χ0n) is 10.7. The molecule has 1 aliphatic rings. The molecule has 0 saturated carbocycles. The van der Waals surface area contributed by atoms with E-state index in [1.54, 1.807) is 0 Å². The third-order valence-electron chi connectivity index (χ3n) is 3.46. The number of carbonyl (C=O) groups is 1. The van der Waals surface area contributed by atoms with Crippen molar-refractivity contribution in [2.75, 3.05) is 19.6 Å². The van der Waals surface area contributed by atoms with Crippen LogP contribution in [0.25, 0.3) is 0 Å². The lowest BCUT2D eigenvalue weighted by Gasteiger charge is -2.23. The Balaban J connectivity index is 1.77. The minimum absolute atomic E-state index is 0.455. The average Bonchev–Trinajstić information content (AvgIpc) is 2.99. The Kier molecular flexibility index (Phi) is 4.74. The van der Waals surface area contributed by atoms with E-state index in [9.17, 15) is 4.79 Å². The third-order valence-corrected chi connectivity index (χ3v) is 4.40. The van der Waals surface area contributed by atoms with Crippen LogP contribution in [0.2, 0.25) is 0 Å². The molecule has 0 spiro atoms. The highest BCUT2D eigenvalue weighted by molar-refractivity contribution is 7.12. The van der Waals surface area contributed by atoms with Crippen molar-refractivity contribution < 1.29 is 9.90 Å². The van der Waals surface area contributed by atoms with Crippen LogP contribution in [0.1, 0.15) is 35.0 Å². The van der Waals surface area contributed by atoms with E-state index in [1.807, 2.05) is 11.4 Å². The van der Waals surface area contributed by atoms with Crippen molar-refractivity contribution >= 4 is 17.3 Å². The zero-order chi connectivity index (χ0) is 13.0. The van der Waals surface area contributed by atoms with Crippen molar-refractivity contribution in [1.82, 2.24) is 10.2 Å². The van der Waals surface area contributed by atoms with Gasteiger partial charge in [-0.1, -0.05) is 0 Å². The second-order valence-electron chi connectivity index (χ2n) is 4.80. The summed E-state index contributed by atoms with van der Waals surface area (Å²) < 4.78 is 0. The fourth-order valence-electron chi connectivity index (χ4n) is 2.39. The van der Waals surface area contributed by atoms with Crippen molar-refractivity contribution in [3.63, 3.8) is 0 Å². The summed E-state index contributed by atoms with van der Waals surface area (Å²) in [5.74, 6) is -0.825. The third kappa shape index (κ3) is 3.31. The maximum Gasteiger partial charge on any atom is 0.346 e. The second kappa shape index (κ2) is 6.31. The number of aromatic carboxylic acids is 1. The van der Waals surface area contributed by atoms with Crippen LogP contribution in [-0.4, -0.2) is 41.7 Å². The van der Waals surface area contributed by atoms with Crippen LogP contribution in [0.15, 0.2) is 11.4 Å². The molecular weight excluding hydrogens is 248 g/mol. The maximum atomic E-state index is 11.0. The molecule has 18 heavy (non-hydrogen) atoms. The molecule has 0 radical (unpaired) electrons. The molecule has 2 rings (SSSR count). The Bertz CT molecular complexity index is 399. The largest absolute Gasteiger partial charge is 0.477 e. The predicted molar refractivity (Wildman–Crippen MR) is 73.3 cm³/mol. The van der Waals surface area contributed by atoms with Gasteiger partial charge in [0.25, 0.3) is 0 Å². The van der Waals surface area contributed by atoms with Crippen molar-refractivity contribution in [2.45, 2.75) is 32.4 Å². The van der Waals surface area contributed by atoms with Crippen LogP contribution in [-0.2, 0) is 6.54 Å². The fourth-order valence-corrected chi connectivity index (χ4v) is 3.15. The first-order chi connectivity index (χ1) is 8.68. The Labute approximate surface area is 112 Å². The highest BCUT2D eigenvalue weighted by Crippen LogP contribution is 2.16. The smallest absolute Gasteiger partial charge is 0.346 e. The van der Waals surface area contributed by atoms with E-state index < -0.39 is 5.97 Å². The number of rotatable bonds is 6. The molecular formula is C13H20N2O2S. The molecule has 4 nitrogen and oxygen atoms in total. The van der Waals surface area contributed by atoms with Gasteiger partial charge in [0, 0.05) is 19.1 Å². The molecule has 0 aromatic carbocycles. The SMILES string of the molecule is CC(CNCc1ccsc1C(=O)O)N1CCCC1. The molecule has 2 heterocycles. The summed E-state index contributed by atoms with van der Waals surface area (Å²) in [4.78, 5) is 13.9. The average molecular weight is 268 g/mol. The Morgan fingerprint density at radius 3 is 2.94 bits per heavy atom. The Hall–Kier alpha value is -0.910. The summed E-state index contributed by atoms with van der Waals surface area (Å²) in [7, 11) is 0. The number of nitrogens with zero attached hydrogens (tertiary/aromatic N) is 1. The van der Waals surface area contributed by atoms with Gasteiger partial charge in [0.15, 0.2) is 0 Å². The van der Waals surface area contributed by atoms with Crippen LogP contribution in [0.4, 0.5) is 0 Å². The summed E-state index contributed by atoms with van der Waals surface area (Å²) in [6.07, 6.45) is 2.61. The van der Waals surface area contributed by atoms with E-state index in [-0.39, 0.29) is 0 Å². The monoisotopic (exact) mass is 268 g/mol. The topological polar surface area (TPSA) is 52.6 Å². The van der Waals surface area contributed by atoms with Gasteiger partial charge in [0.2, 0.25) is 0 Å². The van der Waals surface area contributed by atoms with E-state index in [2.05, 4.69) is 17.1 Å². The highest BCUT2D eigenvalue weighted by Gasteiger charge is 2.18. The molecule has 1 aromatic heterocycles. The van der Waals surface area contributed by atoms with Gasteiger partial charge >= 0.3 is 5.97 Å². The number of nitrogens with one attached hydrogen (secondary N) is 1.